The topological polar surface area (TPSA) is 62.7 Å². The lowest BCUT2D eigenvalue weighted by atomic mass is 9.83. The van der Waals surface area contributed by atoms with Gasteiger partial charge in [0.1, 0.15) is 0 Å². The lowest BCUT2D eigenvalue weighted by Crippen LogP contribution is -2.41. The van der Waals surface area contributed by atoms with Crippen LogP contribution >= 0.6 is 15.9 Å². The summed E-state index contributed by atoms with van der Waals surface area (Å²) in [6, 6.07) is 0. The first kappa shape index (κ1) is 20.2. The minimum atomic E-state index is -1.34. The predicted octanol–water partition coefficient (Wildman–Crippen LogP) is 4.07. The van der Waals surface area contributed by atoms with E-state index in [1.54, 1.807) is 13.8 Å². The molecule has 1 aromatic rings. The summed E-state index contributed by atoms with van der Waals surface area (Å²) in [7, 11) is 0. The van der Waals surface area contributed by atoms with Crippen molar-refractivity contribution in [3.63, 3.8) is 0 Å². The number of anilines is 1. The second-order valence-electron chi connectivity index (χ2n) is 7.94. The van der Waals surface area contributed by atoms with E-state index >= 15 is 0 Å². The number of ether oxygens (including phenoxy) is 1. The second kappa shape index (κ2) is 7.62. The van der Waals surface area contributed by atoms with E-state index in [2.05, 4.69) is 39.7 Å². The van der Waals surface area contributed by atoms with Crippen LogP contribution in [0.15, 0.2) is 4.47 Å². The highest BCUT2D eigenvalue weighted by Gasteiger charge is 2.34. The number of hydrogen-bond acceptors (Lipinski definition) is 5. The zero-order chi connectivity index (χ0) is 18.9. The van der Waals surface area contributed by atoms with E-state index in [4.69, 9.17) is 4.74 Å². The van der Waals surface area contributed by atoms with Gasteiger partial charge in [0.05, 0.1) is 22.0 Å². The van der Waals surface area contributed by atoms with Crippen LogP contribution in [-0.2, 0) is 9.53 Å². The van der Waals surface area contributed by atoms with Crippen LogP contribution in [0.3, 0.4) is 0 Å². The van der Waals surface area contributed by atoms with Crippen molar-refractivity contribution in [1.82, 2.24) is 4.98 Å². The molecular weight excluding hydrogens is 384 g/mol. The summed E-state index contributed by atoms with van der Waals surface area (Å²) in [6.07, 6.45) is 0.622. The fourth-order valence-corrected chi connectivity index (χ4v) is 4.04. The standard InChI is InChI=1S/C19H29BrN2O3/c1-11(2)25-18(24)17(23)14-12(3)21-13(4)15(20)16(14)22-9-7-8-19(5,6)10-22/h11,17,23H,7-10H2,1-6H3/t17-/m0/s1. The van der Waals surface area contributed by atoms with E-state index in [0.29, 0.717) is 11.3 Å². The lowest BCUT2D eigenvalue weighted by Gasteiger charge is -2.41. The van der Waals surface area contributed by atoms with Gasteiger partial charge in [0.25, 0.3) is 0 Å². The zero-order valence-electron chi connectivity index (χ0n) is 16.0. The maximum Gasteiger partial charge on any atom is 0.340 e. The number of pyridine rings is 1. The van der Waals surface area contributed by atoms with E-state index in [9.17, 15) is 9.90 Å². The number of nitrogens with zero attached hydrogens (tertiary/aromatic N) is 2. The monoisotopic (exact) mass is 412 g/mol. The Morgan fingerprint density at radius 1 is 1.32 bits per heavy atom. The summed E-state index contributed by atoms with van der Waals surface area (Å²) in [6.45, 7) is 13.6. The summed E-state index contributed by atoms with van der Waals surface area (Å²) in [5, 5.41) is 10.7. The Bertz CT molecular complexity index is 659. The molecule has 1 N–H and O–H groups in total. The molecule has 6 heteroatoms. The molecule has 0 saturated carbocycles. The molecule has 0 amide bonds. The first-order valence-electron chi connectivity index (χ1n) is 8.83. The third-order valence-corrected chi connectivity index (χ3v) is 5.52. The Kier molecular flexibility index (Phi) is 6.15. The van der Waals surface area contributed by atoms with Crippen molar-refractivity contribution in [3.05, 3.63) is 21.4 Å². The van der Waals surface area contributed by atoms with Crippen molar-refractivity contribution in [1.29, 1.82) is 0 Å². The number of rotatable bonds is 4. The maximum atomic E-state index is 12.3. The molecule has 1 aliphatic rings. The van der Waals surface area contributed by atoms with Crippen LogP contribution in [0.25, 0.3) is 0 Å². The van der Waals surface area contributed by atoms with Gasteiger partial charge in [0, 0.05) is 24.3 Å². The molecule has 0 bridgehead atoms. The fourth-order valence-electron chi connectivity index (χ4n) is 3.49. The van der Waals surface area contributed by atoms with Gasteiger partial charge in [-0.2, -0.15) is 0 Å². The number of halogens is 1. The highest BCUT2D eigenvalue weighted by atomic mass is 79.9. The number of hydrogen-bond donors (Lipinski definition) is 1. The van der Waals surface area contributed by atoms with Gasteiger partial charge in [0.15, 0.2) is 6.10 Å². The first-order valence-corrected chi connectivity index (χ1v) is 9.63. The molecule has 0 spiro atoms. The van der Waals surface area contributed by atoms with Crippen molar-refractivity contribution < 1.29 is 14.6 Å². The summed E-state index contributed by atoms with van der Waals surface area (Å²) < 4.78 is 6.06. The Balaban J connectivity index is 2.52. The summed E-state index contributed by atoms with van der Waals surface area (Å²) >= 11 is 3.64. The number of aliphatic hydroxyl groups is 1. The zero-order valence-corrected chi connectivity index (χ0v) is 17.6. The van der Waals surface area contributed by atoms with Crippen LogP contribution in [-0.4, -0.2) is 35.3 Å². The molecule has 140 valence electrons. The van der Waals surface area contributed by atoms with E-state index in [0.717, 1.165) is 41.8 Å². The van der Waals surface area contributed by atoms with E-state index in [1.165, 1.54) is 0 Å². The lowest BCUT2D eigenvalue weighted by molar-refractivity contribution is -0.157. The van der Waals surface area contributed by atoms with Crippen molar-refractivity contribution in [2.75, 3.05) is 18.0 Å². The van der Waals surface area contributed by atoms with Gasteiger partial charge in [0.2, 0.25) is 0 Å². The van der Waals surface area contributed by atoms with Gasteiger partial charge in [-0.25, -0.2) is 4.79 Å². The Hall–Kier alpha value is -1.14. The summed E-state index contributed by atoms with van der Waals surface area (Å²) in [5.41, 5.74) is 3.10. The average Bonchev–Trinajstić information content (AvgIpc) is 2.48. The largest absolute Gasteiger partial charge is 0.461 e. The Morgan fingerprint density at radius 2 is 1.96 bits per heavy atom. The second-order valence-corrected chi connectivity index (χ2v) is 8.73. The van der Waals surface area contributed by atoms with Crippen molar-refractivity contribution >= 4 is 27.6 Å². The average molecular weight is 413 g/mol. The van der Waals surface area contributed by atoms with Crippen LogP contribution in [0.1, 0.15) is 63.6 Å². The number of piperidine rings is 1. The van der Waals surface area contributed by atoms with E-state index in [-0.39, 0.29) is 11.5 Å². The third kappa shape index (κ3) is 4.53. The van der Waals surface area contributed by atoms with Gasteiger partial charge in [-0.1, -0.05) is 13.8 Å². The number of aryl methyl sites for hydroxylation is 2. The van der Waals surface area contributed by atoms with E-state index in [1.807, 2.05) is 13.8 Å². The molecule has 0 radical (unpaired) electrons. The fraction of sp³-hybridized carbons (Fsp3) is 0.684. The highest BCUT2D eigenvalue weighted by Crippen LogP contribution is 2.41. The molecule has 0 aromatic carbocycles. The quantitative estimate of drug-likeness (QED) is 0.754. The highest BCUT2D eigenvalue weighted by molar-refractivity contribution is 9.10. The molecule has 1 aromatic heterocycles. The van der Waals surface area contributed by atoms with Crippen LogP contribution in [0.5, 0.6) is 0 Å². The SMILES string of the molecule is Cc1nc(C)c([C@H](O)C(=O)OC(C)C)c(N2CCCC(C)(C)C2)c1Br. The number of carbonyl (C=O) groups is 1. The van der Waals surface area contributed by atoms with Gasteiger partial charge < -0.3 is 14.7 Å². The normalized spacial score (nSPS) is 18.4. The smallest absolute Gasteiger partial charge is 0.340 e. The number of carbonyl (C=O) groups excluding carboxylic acids is 1. The van der Waals surface area contributed by atoms with E-state index < -0.39 is 12.1 Å². The molecule has 0 unspecified atom stereocenters. The molecule has 0 aliphatic carbocycles. The minimum absolute atomic E-state index is 0.184. The van der Waals surface area contributed by atoms with Crippen LogP contribution in [0.4, 0.5) is 5.69 Å². The van der Waals surface area contributed by atoms with Crippen molar-refractivity contribution in [3.8, 4) is 0 Å². The first-order chi connectivity index (χ1) is 11.5. The molecule has 25 heavy (non-hydrogen) atoms. The number of esters is 1. The molecule has 1 aliphatic heterocycles. The summed E-state index contributed by atoms with van der Waals surface area (Å²) in [5.74, 6) is -0.631. The molecule has 1 atom stereocenters. The Labute approximate surface area is 158 Å². The summed E-state index contributed by atoms with van der Waals surface area (Å²) in [4.78, 5) is 19.1. The number of aromatic nitrogens is 1. The van der Waals surface area contributed by atoms with Gasteiger partial charge in [-0.15, -0.1) is 0 Å². The number of aliphatic hydroxyl groups excluding tert-OH is 1. The van der Waals surface area contributed by atoms with Gasteiger partial charge in [-0.05, 0) is 61.9 Å². The van der Waals surface area contributed by atoms with Crippen LogP contribution in [0.2, 0.25) is 0 Å². The van der Waals surface area contributed by atoms with Gasteiger partial charge in [-0.3, -0.25) is 4.98 Å². The maximum absolute atomic E-state index is 12.3. The molecule has 1 fully saturated rings. The molecular formula is C19H29BrN2O3. The minimum Gasteiger partial charge on any atom is -0.461 e. The molecule has 2 rings (SSSR count). The molecule has 1 saturated heterocycles. The molecule has 5 nitrogen and oxygen atoms in total. The van der Waals surface area contributed by atoms with Crippen molar-refractivity contribution in [2.24, 2.45) is 5.41 Å². The van der Waals surface area contributed by atoms with Crippen LogP contribution < -0.4 is 4.90 Å². The Morgan fingerprint density at radius 3 is 2.52 bits per heavy atom. The van der Waals surface area contributed by atoms with Gasteiger partial charge >= 0.3 is 5.97 Å². The predicted molar refractivity (Wildman–Crippen MR) is 103 cm³/mol. The third-order valence-electron chi connectivity index (χ3n) is 4.57. The van der Waals surface area contributed by atoms with Crippen molar-refractivity contribution in [2.45, 2.75) is 66.6 Å². The van der Waals surface area contributed by atoms with Crippen LogP contribution in [0, 0.1) is 19.3 Å². The molecule has 2 heterocycles.